The molecule has 0 radical (unpaired) electrons. The van der Waals surface area contributed by atoms with Gasteiger partial charge in [0.15, 0.2) is 6.10 Å². The van der Waals surface area contributed by atoms with Gasteiger partial charge in [0.1, 0.15) is 11.6 Å². The molecule has 0 heterocycles. The van der Waals surface area contributed by atoms with E-state index < -0.39 is 41.0 Å². The van der Waals surface area contributed by atoms with Gasteiger partial charge in [0.2, 0.25) is 0 Å². The topological polar surface area (TPSA) is 128 Å². The minimum atomic E-state index is -0.993. The van der Waals surface area contributed by atoms with Gasteiger partial charge in [-0.1, -0.05) is 18.5 Å². The van der Waals surface area contributed by atoms with Crippen LogP contribution in [0.15, 0.2) is 18.2 Å². The van der Waals surface area contributed by atoms with E-state index in [0.29, 0.717) is 6.54 Å². The number of carbonyl (C=O) groups excluding carboxylic acids is 3. The summed E-state index contributed by atoms with van der Waals surface area (Å²) >= 11 is 5.66. The molecule has 0 aromatic heterocycles. The molecule has 0 bridgehead atoms. The highest BCUT2D eigenvalue weighted by atomic mass is 35.5. The number of nitro groups is 1. The van der Waals surface area contributed by atoms with Crippen molar-refractivity contribution in [3.05, 3.63) is 38.9 Å². The number of nitro benzene ring substituents is 1. The Balaban J connectivity index is 2.56. The highest BCUT2D eigenvalue weighted by Gasteiger charge is 2.19. The highest BCUT2D eigenvalue weighted by molar-refractivity contribution is 6.32. The fraction of sp³-hybridized carbons (Fsp3) is 0.400. The molecule has 1 aromatic rings. The Kier molecular flexibility index (Phi) is 7.80. The summed E-state index contributed by atoms with van der Waals surface area (Å²) in [6.45, 7) is 3.27. The number of ether oxygens (including phenoxy) is 1. The largest absolute Gasteiger partial charge is 0.451 e. The maximum Gasteiger partial charge on any atom is 0.326 e. The van der Waals surface area contributed by atoms with Crippen LogP contribution in [0.2, 0.25) is 5.02 Å². The van der Waals surface area contributed by atoms with Gasteiger partial charge in [0.25, 0.3) is 17.5 Å². The van der Waals surface area contributed by atoms with E-state index in [1.165, 1.54) is 19.1 Å². The number of rotatable bonds is 8. The molecule has 25 heavy (non-hydrogen) atoms. The van der Waals surface area contributed by atoms with Crippen LogP contribution < -0.4 is 10.6 Å². The van der Waals surface area contributed by atoms with Gasteiger partial charge < -0.3 is 15.4 Å². The zero-order valence-electron chi connectivity index (χ0n) is 13.7. The maximum absolute atomic E-state index is 11.9. The van der Waals surface area contributed by atoms with Crippen molar-refractivity contribution in [3.8, 4) is 0 Å². The van der Waals surface area contributed by atoms with Crippen molar-refractivity contribution < 1.29 is 24.0 Å². The summed E-state index contributed by atoms with van der Waals surface area (Å²) < 4.78 is 4.88. The van der Waals surface area contributed by atoms with Crippen LogP contribution in [-0.4, -0.2) is 41.9 Å². The van der Waals surface area contributed by atoms with Crippen molar-refractivity contribution in [3.63, 3.8) is 0 Å². The normalized spacial score (nSPS) is 11.3. The molecule has 1 aromatic carbocycles. The average molecular weight is 372 g/mol. The first-order chi connectivity index (χ1) is 11.8. The van der Waals surface area contributed by atoms with Gasteiger partial charge >= 0.3 is 5.97 Å². The summed E-state index contributed by atoms with van der Waals surface area (Å²) in [4.78, 5) is 45.2. The Morgan fingerprint density at radius 1 is 1.32 bits per heavy atom. The fourth-order valence-corrected chi connectivity index (χ4v) is 1.92. The van der Waals surface area contributed by atoms with E-state index in [-0.39, 0.29) is 10.6 Å². The van der Waals surface area contributed by atoms with Crippen molar-refractivity contribution in [1.82, 2.24) is 10.6 Å². The molecule has 1 atom stereocenters. The first kappa shape index (κ1) is 20.4. The van der Waals surface area contributed by atoms with Crippen molar-refractivity contribution in [2.45, 2.75) is 26.4 Å². The summed E-state index contributed by atoms with van der Waals surface area (Å²) in [7, 11) is 0. The third kappa shape index (κ3) is 6.38. The summed E-state index contributed by atoms with van der Waals surface area (Å²) in [5.41, 5.74) is -0.448. The molecule has 136 valence electrons. The molecule has 0 aliphatic rings. The van der Waals surface area contributed by atoms with E-state index >= 15 is 0 Å². The number of hydrogen-bond donors (Lipinski definition) is 2. The molecule has 2 N–H and O–H groups in total. The van der Waals surface area contributed by atoms with E-state index in [2.05, 4.69) is 10.6 Å². The predicted molar refractivity (Wildman–Crippen MR) is 89.3 cm³/mol. The Morgan fingerprint density at radius 3 is 2.60 bits per heavy atom. The van der Waals surface area contributed by atoms with Crippen molar-refractivity contribution in [1.29, 1.82) is 0 Å². The lowest BCUT2D eigenvalue weighted by Crippen LogP contribution is -2.39. The standard InChI is InChI=1S/C15H18ClN3O6/c1-3-6-17-14(21)9(2)25-13(20)8-18-15(22)10-4-5-11(16)12(7-10)19(23)24/h4-5,7,9H,3,6,8H2,1-2H3,(H,17,21)(H,18,22). The number of esters is 1. The number of nitrogens with zero attached hydrogens (tertiary/aromatic N) is 1. The zero-order valence-corrected chi connectivity index (χ0v) is 14.5. The number of nitrogens with one attached hydrogen (secondary N) is 2. The molecular formula is C15H18ClN3O6. The molecule has 10 heteroatoms. The maximum atomic E-state index is 11.9. The van der Waals surface area contributed by atoms with Crippen LogP contribution in [0.5, 0.6) is 0 Å². The Morgan fingerprint density at radius 2 is 2.00 bits per heavy atom. The van der Waals surface area contributed by atoms with E-state index in [1.807, 2.05) is 6.92 Å². The molecule has 1 unspecified atom stereocenters. The molecule has 0 fully saturated rings. The number of benzene rings is 1. The second-order valence-electron chi connectivity index (χ2n) is 5.03. The third-order valence-corrected chi connectivity index (χ3v) is 3.34. The number of carbonyl (C=O) groups is 3. The lowest BCUT2D eigenvalue weighted by Gasteiger charge is -2.13. The minimum Gasteiger partial charge on any atom is -0.451 e. The van der Waals surface area contributed by atoms with Crippen LogP contribution >= 0.6 is 11.6 Å². The van der Waals surface area contributed by atoms with Gasteiger partial charge in [-0.2, -0.15) is 0 Å². The van der Waals surface area contributed by atoms with Crippen LogP contribution in [0.4, 0.5) is 5.69 Å². The number of amides is 2. The second-order valence-corrected chi connectivity index (χ2v) is 5.44. The Bertz CT molecular complexity index is 679. The first-order valence-electron chi connectivity index (χ1n) is 7.45. The number of halogens is 1. The Labute approximate surface area is 148 Å². The van der Waals surface area contributed by atoms with E-state index in [9.17, 15) is 24.5 Å². The fourth-order valence-electron chi connectivity index (χ4n) is 1.73. The van der Waals surface area contributed by atoms with Crippen molar-refractivity contribution >= 4 is 35.1 Å². The molecule has 1 rings (SSSR count). The molecule has 0 saturated heterocycles. The van der Waals surface area contributed by atoms with Crippen molar-refractivity contribution in [2.75, 3.05) is 13.1 Å². The van der Waals surface area contributed by atoms with Gasteiger partial charge in [-0.25, -0.2) is 0 Å². The summed E-state index contributed by atoms with van der Waals surface area (Å²) in [5, 5.41) is 15.5. The second kappa shape index (κ2) is 9.58. The predicted octanol–water partition coefficient (Wildman–Crippen LogP) is 1.44. The van der Waals surface area contributed by atoms with Gasteiger partial charge in [-0.3, -0.25) is 24.5 Å². The molecular weight excluding hydrogens is 354 g/mol. The molecule has 2 amide bonds. The molecule has 0 aliphatic heterocycles. The third-order valence-electron chi connectivity index (χ3n) is 3.02. The van der Waals surface area contributed by atoms with E-state index in [1.54, 1.807) is 0 Å². The lowest BCUT2D eigenvalue weighted by molar-refractivity contribution is -0.384. The van der Waals surface area contributed by atoms with Crippen LogP contribution in [0.3, 0.4) is 0 Å². The lowest BCUT2D eigenvalue weighted by atomic mass is 10.2. The smallest absolute Gasteiger partial charge is 0.326 e. The minimum absolute atomic E-state index is 0.0300. The quantitative estimate of drug-likeness (QED) is 0.404. The monoisotopic (exact) mass is 371 g/mol. The van der Waals surface area contributed by atoms with Gasteiger partial charge in [0, 0.05) is 18.2 Å². The van der Waals surface area contributed by atoms with Crippen LogP contribution in [0.25, 0.3) is 0 Å². The van der Waals surface area contributed by atoms with E-state index in [0.717, 1.165) is 12.5 Å². The van der Waals surface area contributed by atoms with Crippen LogP contribution in [-0.2, 0) is 14.3 Å². The van der Waals surface area contributed by atoms with Crippen LogP contribution in [0, 0.1) is 10.1 Å². The van der Waals surface area contributed by atoms with Gasteiger partial charge in [0.05, 0.1) is 4.92 Å². The average Bonchev–Trinajstić information content (AvgIpc) is 2.57. The first-order valence-corrected chi connectivity index (χ1v) is 7.83. The van der Waals surface area contributed by atoms with Gasteiger partial charge in [-0.15, -0.1) is 0 Å². The molecule has 0 spiro atoms. The molecule has 9 nitrogen and oxygen atoms in total. The van der Waals surface area contributed by atoms with Crippen LogP contribution in [0.1, 0.15) is 30.6 Å². The summed E-state index contributed by atoms with van der Waals surface area (Å²) in [6, 6.07) is 3.51. The SMILES string of the molecule is CCCNC(=O)C(C)OC(=O)CNC(=O)c1ccc(Cl)c([N+](=O)[O-])c1. The molecule has 0 aliphatic carbocycles. The summed E-state index contributed by atoms with van der Waals surface area (Å²) in [5.74, 6) is -1.95. The van der Waals surface area contributed by atoms with E-state index in [4.69, 9.17) is 16.3 Å². The van der Waals surface area contributed by atoms with Crippen molar-refractivity contribution in [2.24, 2.45) is 0 Å². The highest BCUT2D eigenvalue weighted by Crippen LogP contribution is 2.24. The molecule has 0 saturated carbocycles. The number of hydrogen-bond acceptors (Lipinski definition) is 6. The Hall–Kier alpha value is -2.68. The van der Waals surface area contributed by atoms with Gasteiger partial charge in [-0.05, 0) is 25.5 Å². The summed E-state index contributed by atoms with van der Waals surface area (Å²) in [6.07, 6.45) is -0.247. The zero-order chi connectivity index (χ0) is 19.0.